The van der Waals surface area contributed by atoms with Gasteiger partial charge in [0.15, 0.2) is 0 Å². The predicted molar refractivity (Wildman–Crippen MR) is 55.1 cm³/mol. The number of alkyl halides is 3. The molecule has 0 saturated carbocycles. The molecule has 19 heavy (non-hydrogen) atoms. The van der Waals surface area contributed by atoms with Gasteiger partial charge in [-0.25, -0.2) is 9.18 Å². The summed E-state index contributed by atoms with van der Waals surface area (Å²) in [5.74, 6) is -2.36. The van der Waals surface area contributed by atoms with Crippen LogP contribution >= 0.6 is 0 Å². The predicted octanol–water partition coefficient (Wildman–Crippen LogP) is 2.42. The van der Waals surface area contributed by atoms with E-state index in [4.69, 9.17) is 5.11 Å². The Balaban J connectivity index is 2.39. The van der Waals surface area contributed by atoms with Gasteiger partial charge >= 0.3 is 12.1 Å². The van der Waals surface area contributed by atoms with Crippen LogP contribution < -0.4 is 0 Å². The summed E-state index contributed by atoms with van der Waals surface area (Å²) in [5.41, 5.74) is -1.75. The normalized spacial score (nSPS) is 18.9. The molecule has 0 spiro atoms. The molecule has 1 atom stereocenters. The van der Waals surface area contributed by atoms with Crippen molar-refractivity contribution in [3.8, 4) is 0 Å². The number of nitrogens with zero attached hydrogens (tertiary/aromatic N) is 1. The topological polar surface area (TPSA) is 58.9 Å². The van der Waals surface area contributed by atoms with Crippen LogP contribution in [0.25, 0.3) is 0 Å². The standard InChI is InChI=1S/C11H7F4NO3/c12-5-1-2-6(7(3-5)11(13,14)15)8-4-9(10(17)18)19-16-8/h1-3,9H,4H2,(H,17,18). The number of halogens is 4. The van der Waals surface area contributed by atoms with Crippen molar-refractivity contribution in [3.05, 3.63) is 35.1 Å². The van der Waals surface area contributed by atoms with Gasteiger partial charge in [-0.1, -0.05) is 5.16 Å². The van der Waals surface area contributed by atoms with E-state index in [1.807, 2.05) is 0 Å². The van der Waals surface area contributed by atoms with Crippen LogP contribution in [0.1, 0.15) is 17.5 Å². The van der Waals surface area contributed by atoms with Crippen LogP contribution in [0, 0.1) is 5.82 Å². The second-order valence-corrected chi connectivity index (χ2v) is 3.86. The van der Waals surface area contributed by atoms with E-state index in [9.17, 15) is 22.4 Å². The fourth-order valence-electron chi connectivity index (χ4n) is 1.67. The van der Waals surface area contributed by atoms with Gasteiger partial charge in [-0.05, 0) is 18.2 Å². The Labute approximate surface area is 104 Å². The summed E-state index contributed by atoms with van der Waals surface area (Å²) in [6.45, 7) is 0. The SMILES string of the molecule is O=C(O)C1CC(c2ccc(F)cc2C(F)(F)F)=NO1. The zero-order valence-corrected chi connectivity index (χ0v) is 9.24. The molecule has 2 rings (SSSR count). The molecule has 0 fully saturated rings. The Morgan fingerprint density at radius 2 is 2.11 bits per heavy atom. The number of hydrogen-bond donors (Lipinski definition) is 1. The lowest BCUT2D eigenvalue weighted by Gasteiger charge is -2.12. The van der Waals surface area contributed by atoms with E-state index in [0.29, 0.717) is 6.07 Å². The van der Waals surface area contributed by atoms with Gasteiger partial charge in [0.25, 0.3) is 0 Å². The number of carboxylic acid groups (broad SMARTS) is 1. The van der Waals surface area contributed by atoms with Crippen LogP contribution in [-0.2, 0) is 15.8 Å². The molecule has 0 amide bonds. The Morgan fingerprint density at radius 1 is 1.42 bits per heavy atom. The second-order valence-electron chi connectivity index (χ2n) is 3.86. The third kappa shape index (κ3) is 2.67. The summed E-state index contributed by atoms with van der Waals surface area (Å²) in [6.07, 6.45) is -6.38. The molecular weight excluding hydrogens is 270 g/mol. The molecule has 0 saturated heterocycles. The van der Waals surface area contributed by atoms with Crippen molar-refractivity contribution >= 4 is 11.7 Å². The second kappa shape index (κ2) is 4.52. The van der Waals surface area contributed by atoms with Crippen LogP contribution in [0.4, 0.5) is 17.6 Å². The molecule has 1 unspecified atom stereocenters. The van der Waals surface area contributed by atoms with Crippen LogP contribution in [-0.4, -0.2) is 22.9 Å². The number of aliphatic carboxylic acids is 1. The quantitative estimate of drug-likeness (QED) is 0.844. The van der Waals surface area contributed by atoms with Gasteiger partial charge in [0, 0.05) is 12.0 Å². The van der Waals surface area contributed by atoms with E-state index >= 15 is 0 Å². The van der Waals surface area contributed by atoms with Crippen molar-refractivity contribution in [2.45, 2.75) is 18.7 Å². The highest BCUT2D eigenvalue weighted by molar-refractivity contribution is 6.04. The number of rotatable bonds is 2. The molecular formula is C11H7F4NO3. The number of hydrogen-bond acceptors (Lipinski definition) is 3. The highest BCUT2D eigenvalue weighted by atomic mass is 19.4. The van der Waals surface area contributed by atoms with Crippen molar-refractivity contribution < 1.29 is 32.3 Å². The van der Waals surface area contributed by atoms with Crippen LogP contribution in [0.5, 0.6) is 0 Å². The monoisotopic (exact) mass is 277 g/mol. The van der Waals surface area contributed by atoms with Crippen molar-refractivity contribution in [1.29, 1.82) is 0 Å². The summed E-state index contributed by atoms with van der Waals surface area (Å²) in [7, 11) is 0. The maximum Gasteiger partial charge on any atom is 0.417 e. The highest BCUT2D eigenvalue weighted by Crippen LogP contribution is 2.34. The summed E-state index contributed by atoms with van der Waals surface area (Å²) in [5, 5.41) is 12.0. The van der Waals surface area contributed by atoms with E-state index in [1.54, 1.807) is 0 Å². The number of oxime groups is 1. The summed E-state index contributed by atoms with van der Waals surface area (Å²) >= 11 is 0. The molecule has 1 aliphatic rings. The molecule has 102 valence electrons. The Hall–Kier alpha value is -2.12. The molecule has 1 aliphatic heterocycles. The summed E-state index contributed by atoms with van der Waals surface area (Å²) in [4.78, 5) is 15.1. The molecule has 1 N–H and O–H groups in total. The largest absolute Gasteiger partial charge is 0.478 e. The molecule has 1 aromatic rings. The van der Waals surface area contributed by atoms with E-state index < -0.39 is 29.6 Å². The minimum absolute atomic E-state index is 0.167. The van der Waals surface area contributed by atoms with E-state index in [1.165, 1.54) is 0 Å². The molecule has 8 heteroatoms. The summed E-state index contributed by atoms with van der Waals surface area (Å²) < 4.78 is 51.2. The van der Waals surface area contributed by atoms with Gasteiger partial charge in [0.2, 0.25) is 6.10 Å². The number of carboxylic acids is 1. The first-order valence-electron chi connectivity index (χ1n) is 5.11. The lowest BCUT2D eigenvalue weighted by atomic mass is 9.99. The first-order chi connectivity index (χ1) is 8.79. The molecule has 0 radical (unpaired) electrons. The molecule has 0 aliphatic carbocycles. The Bertz CT molecular complexity index is 553. The van der Waals surface area contributed by atoms with Gasteiger partial charge < -0.3 is 9.94 Å². The van der Waals surface area contributed by atoms with Gasteiger partial charge in [-0.2, -0.15) is 13.2 Å². The van der Waals surface area contributed by atoms with E-state index in [-0.39, 0.29) is 17.7 Å². The molecule has 1 heterocycles. The Morgan fingerprint density at radius 3 is 2.63 bits per heavy atom. The molecule has 0 bridgehead atoms. The number of benzene rings is 1. The number of carbonyl (C=O) groups is 1. The smallest absolute Gasteiger partial charge is 0.417 e. The van der Waals surface area contributed by atoms with Gasteiger partial charge in [0.05, 0.1) is 11.3 Å². The lowest BCUT2D eigenvalue weighted by Crippen LogP contribution is -2.21. The van der Waals surface area contributed by atoms with Crippen molar-refractivity contribution in [2.75, 3.05) is 0 Å². The highest BCUT2D eigenvalue weighted by Gasteiger charge is 2.37. The third-order valence-electron chi connectivity index (χ3n) is 2.54. The van der Waals surface area contributed by atoms with Crippen LogP contribution in [0.15, 0.2) is 23.4 Å². The van der Waals surface area contributed by atoms with Crippen molar-refractivity contribution in [3.63, 3.8) is 0 Å². The fraction of sp³-hybridized carbons (Fsp3) is 0.273. The third-order valence-corrected chi connectivity index (χ3v) is 2.54. The zero-order chi connectivity index (χ0) is 14.2. The average molecular weight is 277 g/mol. The molecule has 4 nitrogen and oxygen atoms in total. The first kappa shape index (κ1) is 13.3. The van der Waals surface area contributed by atoms with Crippen LogP contribution in [0.3, 0.4) is 0 Å². The van der Waals surface area contributed by atoms with Gasteiger partial charge in [-0.3, -0.25) is 0 Å². The van der Waals surface area contributed by atoms with Crippen molar-refractivity contribution in [1.82, 2.24) is 0 Å². The lowest BCUT2D eigenvalue weighted by molar-refractivity contribution is -0.148. The van der Waals surface area contributed by atoms with Gasteiger partial charge in [0.1, 0.15) is 5.82 Å². The van der Waals surface area contributed by atoms with E-state index in [0.717, 1.165) is 12.1 Å². The zero-order valence-electron chi connectivity index (χ0n) is 9.24. The molecule has 0 aromatic heterocycles. The minimum Gasteiger partial charge on any atom is -0.478 e. The maximum atomic E-state index is 12.9. The summed E-state index contributed by atoms with van der Waals surface area (Å²) in [6, 6.07) is 2.09. The van der Waals surface area contributed by atoms with Crippen LogP contribution in [0.2, 0.25) is 0 Å². The average Bonchev–Trinajstić information content (AvgIpc) is 2.77. The molecule has 1 aromatic carbocycles. The van der Waals surface area contributed by atoms with Crippen molar-refractivity contribution in [2.24, 2.45) is 5.16 Å². The van der Waals surface area contributed by atoms with Gasteiger partial charge in [-0.15, -0.1) is 0 Å². The van der Waals surface area contributed by atoms with E-state index in [2.05, 4.69) is 9.99 Å². The minimum atomic E-state index is -4.76. The maximum absolute atomic E-state index is 12.9. The first-order valence-corrected chi connectivity index (χ1v) is 5.11. The Kier molecular flexibility index (Phi) is 3.17. The fourth-order valence-corrected chi connectivity index (χ4v) is 1.67.